The minimum Gasteiger partial charge on any atom is -0.360 e. The van der Waals surface area contributed by atoms with Gasteiger partial charge in [-0.2, -0.15) is 0 Å². The smallest absolute Gasteiger partial charge is 0.329 e. The molecule has 7 heteroatoms. The van der Waals surface area contributed by atoms with Gasteiger partial charge in [-0.15, -0.1) is 0 Å². The molecule has 146 valence electrons. The third-order valence-corrected chi connectivity index (χ3v) is 6.55. The number of rotatable bonds is 3. The lowest BCUT2D eigenvalue weighted by atomic mass is 9.73. The Kier molecular flexibility index (Phi) is 4.80. The fraction of sp³-hybridized carbons (Fsp3) is 0.600. The average Bonchev–Trinajstić information content (AvgIpc) is 2.91. The number of urea groups is 1. The average molecular weight is 375 g/mol. The Morgan fingerprint density at radius 2 is 1.89 bits per heavy atom. The summed E-state index contributed by atoms with van der Waals surface area (Å²) in [7, 11) is 0. The van der Waals surface area contributed by atoms with Crippen molar-refractivity contribution in [2.75, 3.05) is 37.7 Å². The molecule has 6 nitrogen and oxygen atoms in total. The fourth-order valence-corrected chi connectivity index (χ4v) is 4.75. The second-order valence-corrected chi connectivity index (χ2v) is 8.15. The predicted molar refractivity (Wildman–Crippen MR) is 99.9 cm³/mol. The second kappa shape index (κ2) is 7.11. The SMILES string of the molecule is C[C@H]1CCCC[C@@]12NC(=O)N(C[NH+]1CCN(c3ccc(F)cc3)CC1)C2=O. The molecule has 2 aliphatic heterocycles. The van der Waals surface area contributed by atoms with E-state index < -0.39 is 5.54 Å². The van der Waals surface area contributed by atoms with Crippen LogP contribution >= 0.6 is 0 Å². The van der Waals surface area contributed by atoms with Crippen LogP contribution in [-0.2, 0) is 4.79 Å². The number of benzene rings is 1. The molecule has 2 heterocycles. The molecule has 2 saturated heterocycles. The van der Waals surface area contributed by atoms with E-state index >= 15 is 0 Å². The minimum atomic E-state index is -0.676. The van der Waals surface area contributed by atoms with E-state index in [-0.39, 0.29) is 23.7 Å². The van der Waals surface area contributed by atoms with Gasteiger partial charge >= 0.3 is 6.03 Å². The number of amides is 3. The van der Waals surface area contributed by atoms with Gasteiger partial charge < -0.3 is 15.1 Å². The Morgan fingerprint density at radius 3 is 2.56 bits per heavy atom. The van der Waals surface area contributed by atoms with Crippen molar-refractivity contribution in [2.45, 2.75) is 38.1 Å². The highest BCUT2D eigenvalue weighted by Crippen LogP contribution is 2.37. The molecule has 2 atom stereocenters. The van der Waals surface area contributed by atoms with Crippen LogP contribution in [0, 0.1) is 11.7 Å². The van der Waals surface area contributed by atoms with Gasteiger partial charge in [0.1, 0.15) is 11.4 Å². The number of anilines is 1. The van der Waals surface area contributed by atoms with Crippen molar-refractivity contribution in [2.24, 2.45) is 5.92 Å². The molecule has 27 heavy (non-hydrogen) atoms. The van der Waals surface area contributed by atoms with Gasteiger partial charge in [-0.25, -0.2) is 14.1 Å². The molecule has 1 aliphatic carbocycles. The van der Waals surface area contributed by atoms with E-state index in [2.05, 4.69) is 17.1 Å². The van der Waals surface area contributed by atoms with Crippen LogP contribution in [0.5, 0.6) is 0 Å². The summed E-state index contributed by atoms with van der Waals surface area (Å²) in [4.78, 5) is 30.5. The molecule has 1 spiro atoms. The first kappa shape index (κ1) is 18.2. The van der Waals surface area contributed by atoms with Gasteiger partial charge in [0.15, 0.2) is 6.67 Å². The van der Waals surface area contributed by atoms with E-state index in [9.17, 15) is 14.0 Å². The van der Waals surface area contributed by atoms with E-state index in [4.69, 9.17) is 0 Å². The Labute approximate surface area is 159 Å². The quantitative estimate of drug-likeness (QED) is 0.775. The second-order valence-electron chi connectivity index (χ2n) is 8.15. The predicted octanol–water partition coefficient (Wildman–Crippen LogP) is 0.989. The molecule has 1 saturated carbocycles. The topological polar surface area (TPSA) is 57.1 Å². The first-order valence-corrected chi connectivity index (χ1v) is 9.98. The van der Waals surface area contributed by atoms with Crippen LogP contribution in [0.25, 0.3) is 0 Å². The molecule has 0 aromatic heterocycles. The van der Waals surface area contributed by atoms with Crippen molar-refractivity contribution in [3.05, 3.63) is 30.1 Å². The molecular weight excluding hydrogens is 347 g/mol. The first-order valence-electron chi connectivity index (χ1n) is 9.98. The van der Waals surface area contributed by atoms with Gasteiger partial charge in [0.25, 0.3) is 5.91 Å². The van der Waals surface area contributed by atoms with Gasteiger partial charge in [0.05, 0.1) is 26.2 Å². The maximum atomic E-state index is 13.1. The number of carbonyl (C=O) groups excluding carboxylic acids is 2. The van der Waals surface area contributed by atoms with E-state index in [1.165, 1.54) is 21.9 Å². The highest BCUT2D eigenvalue weighted by Gasteiger charge is 2.55. The normalized spacial score (nSPS) is 29.5. The van der Waals surface area contributed by atoms with Crippen LogP contribution in [0.4, 0.5) is 14.9 Å². The van der Waals surface area contributed by atoms with Crippen molar-refractivity contribution in [3.8, 4) is 0 Å². The van der Waals surface area contributed by atoms with E-state index in [0.717, 1.165) is 57.5 Å². The van der Waals surface area contributed by atoms with E-state index in [0.29, 0.717) is 6.67 Å². The molecule has 2 N–H and O–H groups in total. The number of hydrogen-bond donors (Lipinski definition) is 2. The van der Waals surface area contributed by atoms with Gasteiger partial charge in [-0.05, 0) is 43.0 Å². The Balaban J connectivity index is 1.37. The van der Waals surface area contributed by atoms with Crippen LogP contribution in [0.15, 0.2) is 24.3 Å². The molecule has 0 unspecified atom stereocenters. The number of piperazine rings is 1. The summed E-state index contributed by atoms with van der Waals surface area (Å²) in [6.07, 6.45) is 3.86. The zero-order valence-corrected chi connectivity index (χ0v) is 15.8. The lowest BCUT2D eigenvalue weighted by Crippen LogP contribution is -3.16. The summed E-state index contributed by atoms with van der Waals surface area (Å²) in [6.45, 7) is 5.85. The van der Waals surface area contributed by atoms with Crippen molar-refractivity contribution in [1.82, 2.24) is 10.2 Å². The van der Waals surface area contributed by atoms with Gasteiger partial charge in [0.2, 0.25) is 0 Å². The summed E-state index contributed by atoms with van der Waals surface area (Å²) >= 11 is 0. The van der Waals surface area contributed by atoms with Crippen LogP contribution in [0.2, 0.25) is 0 Å². The maximum Gasteiger partial charge on any atom is 0.329 e. The Bertz CT molecular complexity index is 717. The molecule has 3 aliphatic rings. The molecule has 4 rings (SSSR count). The largest absolute Gasteiger partial charge is 0.360 e. The maximum absolute atomic E-state index is 13.1. The standard InChI is InChI=1S/C20H27FN4O2/c1-15-4-2-3-9-20(15)18(26)25(19(27)22-20)14-23-10-12-24(13-11-23)17-7-5-16(21)6-8-17/h5-8,15H,2-4,9-14H2,1H3,(H,22,27)/p+1/t15-,20+/m0/s1. The number of nitrogens with zero attached hydrogens (tertiary/aromatic N) is 2. The highest BCUT2D eigenvalue weighted by molar-refractivity contribution is 6.07. The number of nitrogens with one attached hydrogen (secondary N) is 2. The summed E-state index contributed by atoms with van der Waals surface area (Å²) in [5, 5.41) is 3.03. The van der Waals surface area contributed by atoms with Gasteiger partial charge in [-0.1, -0.05) is 19.8 Å². The van der Waals surface area contributed by atoms with Crippen molar-refractivity contribution >= 4 is 17.6 Å². The number of halogens is 1. The van der Waals surface area contributed by atoms with Crippen LogP contribution in [0.3, 0.4) is 0 Å². The van der Waals surface area contributed by atoms with Crippen molar-refractivity contribution in [3.63, 3.8) is 0 Å². The van der Waals surface area contributed by atoms with Crippen molar-refractivity contribution in [1.29, 1.82) is 0 Å². The number of imide groups is 1. The fourth-order valence-electron chi connectivity index (χ4n) is 4.75. The Morgan fingerprint density at radius 1 is 1.19 bits per heavy atom. The summed E-state index contributed by atoms with van der Waals surface area (Å²) in [5.41, 5.74) is 0.338. The lowest BCUT2D eigenvalue weighted by Gasteiger charge is -2.37. The van der Waals surface area contributed by atoms with Crippen LogP contribution in [0.1, 0.15) is 32.6 Å². The molecule has 1 aromatic carbocycles. The molecule has 3 amide bonds. The monoisotopic (exact) mass is 375 g/mol. The summed E-state index contributed by atoms with van der Waals surface area (Å²) in [6, 6.07) is 6.32. The minimum absolute atomic E-state index is 0.0341. The highest BCUT2D eigenvalue weighted by atomic mass is 19.1. The number of carbonyl (C=O) groups is 2. The summed E-state index contributed by atoms with van der Waals surface area (Å²) < 4.78 is 13.1. The number of quaternary nitrogens is 1. The van der Waals surface area contributed by atoms with E-state index in [1.807, 2.05) is 0 Å². The van der Waals surface area contributed by atoms with Gasteiger partial charge in [0, 0.05) is 5.69 Å². The molecule has 0 bridgehead atoms. The third kappa shape index (κ3) is 3.29. The summed E-state index contributed by atoms with van der Waals surface area (Å²) in [5.74, 6) is -0.0707. The Hall–Kier alpha value is -2.15. The van der Waals surface area contributed by atoms with E-state index in [1.54, 1.807) is 12.1 Å². The lowest BCUT2D eigenvalue weighted by molar-refractivity contribution is -0.907. The molecule has 1 aromatic rings. The zero-order valence-electron chi connectivity index (χ0n) is 15.8. The molecular formula is C20H28FN4O2+. The first-order chi connectivity index (χ1) is 13.0. The van der Waals surface area contributed by atoms with Gasteiger partial charge in [-0.3, -0.25) is 4.79 Å². The zero-order chi connectivity index (χ0) is 19.0. The van der Waals surface area contributed by atoms with Crippen molar-refractivity contribution < 1.29 is 18.9 Å². The third-order valence-electron chi connectivity index (χ3n) is 6.55. The number of hydrogen-bond acceptors (Lipinski definition) is 3. The molecule has 3 fully saturated rings. The molecule has 0 radical (unpaired) electrons. The van der Waals surface area contributed by atoms with Crippen LogP contribution in [-0.4, -0.2) is 55.2 Å². The van der Waals surface area contributed by atoms with Crippen LogP contribution < -0.4 is 15.1 Å².